The first-order valence-electron chi connectivity index (χ1n) is 8.37. The van der Waals surface area contributed by atoms with E-state index in [0.717, 1.165) is 42.1 Å². The fourth-order valence-corrected chi connectivity index (χ4v) is 2.35. The average molecular weight is 343 g/mol. The molecule has 1 aromatic heterocycles. The van der Waals surface area contributed by atoms with Crippen LogP contribution in [0.3, 0.4) is 0 Å². The molecule has 2 aromatic rings. The van der Waals surface area contributed by atoms with Crippen molar-refractivity contribution < 1.29 is 14.3 Å². The summed E-state index contributed by atoms with van der Waals surface area (Å²) in [5.74, 6) is 1.31. The van der Waals surface area contributed by atoms with Crippen LogP contribution < -0.4 is 20.1 Å². The smallest absolute Gasteiger partial charge is 0.269 e. The van der Waals surface area contributed by atoms with Crippen LogP contribution in [-0.2, 0) is 6.42 Å². The van der Waals surface area contributed by atoms with Crippen molar-refractivity contribution in [3.05, 3.63) is 47.8 Å². The molecule has 0 saturated heterocycles. The molecular weight excluding hydrogens is 318 g/mol. The SMILES string of the molecule is CCCNC(=O)c1ccc(NCCc2ccc(OC)c(OC)c2)cn1. The van der Waals surface area contributed by atoms with Crippen molar-refractivity contribution in [2.45, 2.75) is 19.8 Å². The lowest BCUT2D eigenvalue weighted by Gasteiger charge is -2.10. The van der Waals surface area contributed by atoms with Crippen LogP contribution in [0, 0.1) is 0 Å². The lowest BCUT2D eigenvalue weighted by Crippen LogP contribution is -2.24. The number of nitrogens with zero attached hydrogens (tertiary/aromatic N) is 1. The number of aromatic nitrogens is 1. The lowest BCUT2D eigenvalue weighted by molar-refractivity contribution is 0.0948. The molecule has 0 aliphatic rings. The first-order valence-corrected chi connectivity index (χ1v) is 8.37. The maximum Gasteiger partial charge on any atom is 0.269 e. The molecule has 0 radical (unpaired) electrons. The molecule has 1 heterocycles. The van der Waals surface area contributed by atoms with Gasteiger partial charge >= 0.3 is 0 Å². The predicted octanol–water partition coefficient (Wildman–Crippen LogP) is 2.89. The molecule has 0 aliphatic carbocycles. The van der Waals surface area contributed by atoms with Crippen molar-refractivity contribution in [2.24, 2.45) is 0 Å². The Bertz CT molecular complexity index is 687. The van der Waals surface area contributed by atoms with Crippen molar-refractivity contribution in [1.82, 2.24) is 10.3 Å². The zero-order chi connectivity index (χ0) is 18.1. The number of ether oxygens (including phenoxy) is 2. The highest BCUT2D eigenvalue weighted by atomic mass is 16.5. The Labute approximate surface area is 148 Å². The topological polar surface area (TPSA) is 72.5 Å². The summed E-state index contributed by atoms with van der Waals surface area (Å²) < 4.78 is 10.6. The minimum absolute atomic E-state index is 0.140. The molecular formula is C19H25N3O3. The van der Waals surface area contributed by atoms with Gasteiger partial charge in [0, 0.05) is 13.1 Å². The number of nitrogens with one attached hydrogen (secondary N) is 2. The largest absolute Gasteiger partial charge is 0.493 e. The highest BCUT2D eigenvalue weighted by Crippen LogP contribution is 2.27. The number of carbonyl (C=O) groups excluding carboxylic acids is 1. The van der Waals surface area contributed by atoms with E-state index in [2.05, 4.69) is 15.6 Å². The number of anilines is 1. The molecule has 0 atom stereocenters. The lowest BCUT2D eigenvalue weighted by atomic mass is 10.1. The Balaban J connectivity index is 1.86. The number of rotatable bonds is 9. The summed E-state index contributed by atoms with van der Waals surface area (Å²) >= 11 is 0. The van der Waals surface area contributed by atoms with E-state index in [1.807, 2.05) is 31.2 Å². The van der Waals surface area contributed by atoms with Crippen LogP contribution in [0.25, 0.3) is 0 Å². The third-order valence-corrected chi connectivity index (χ3v) is 3.72. The van der Waals surface area contributed by atoms with Gasteiger partial charge in [-0.05, 0) is 42.7 Å². The van der Waals surface area contributed by atoms with Crippen LogP contribution in [0.15, 0.2) is 36.5 Å². The summed E-state index contributed by atoms with van der Waals surface area (Å²) in [5.41, 5.74) is 2.46. The first-order chi connectivity index (χ1) is 12.2. The summed E-state index contributed by atoms with van der Waals surface area (Å²) in [6, 6.07) is 9.48. The molecule has 0 spiro atoms. The highest BCUT2D eigenvalue weighted by molar-refractivity contribution is 5.92. The standard InChI is InChI=1S/C19H25N3O3/c1-4-10-21-19(23)16-7-6-15(13-22-16)20-11-9-14-5-8-17(24-2)18(12-14)25-3/h5-8,12-13,20H,4,9-11H2,1-3H3,(H,21,23). The molecule has 2 N–H and O–H groups in total. The summed E-state index contributed by atoms with van der Waals surface area (Å²) in [7, 11) is 3.25. The van der Waals surface area contributed by atoms with Gasteiger partial charge in [-0.1, -0.05) is 13.0 Å². The number of pyridine rings is 1. The van der Waals surface area contributed by atoms with Crippen LogP contribution >= 0.6 is 0 Å². The van der Waals surface area contributed by atoms with Gasteiger partial charge in [-0.25, -0.2) is 4.98 Å². The zero-order valence-electron chi connectivity index (χ0n) is 15.0. The fourth-order valence-electron chi connectivity index (χ4n) is 2.35. The molecule has 6 nitrogen and oxygen atoms in total. The Morgan fingerprint density at radius 3 is 2.52 bits per heavy atom. The number of carbonyl (C=O) groups is 1. The van der Waals surface area contributed by atoms with Gasteiger partial charge in [-0.2, -0.15) is 0 Å². The van der Waals surface area contributed by atoms with Crippen LogP contribution in [0.4, 0.5) is 5.69 Å². The summed E-state index contributed by atoms with van der Waals surface area (Å²) in [6.07, 6.45) is 3.41. The average Bonchev–Trinajstić information content (AvgIpc) is 2.66. The second-order valence-corrected chi connectivity index (χ2v) is 5.55. The quantitative estimate of drug-likeness (QED) is 0.732. The molecule has 0 fully saturated rings. The van der Waals surface area contributed by atoms with Gasteiger partial charge in [0.05, 0.1) is 26.1 Å². The Hall–Kier alpha value is -2.76. The van der Waals surface area contributed by atoms with Gasteiger partial charge in [0.1, 0.15) is 5.69 Å². The van der Waals surface area contributed by atoms with Gasteiger partial charge in [0.2, 0.25) is 0 Å². The summed E-state index contributed by atoms with van der Waals surface area (Å²) in [6.45, 7) is 3.42. The van der Waals surface area contributed by atoms with Crippen LogP contribution in [-0.4, -0.2) is 38.2 Å². The molecule has 2 rings (SSSR count). The van der Waals surface area contributed by atoms with Crippen LogP contribution in [0.2, 0.25) is 0 Å². The van der Waals surface area contributed by atoms with Crippen molar-refractivity contribution in [2.75, 3.05) is 32.6 Å². The van der Waals surface area contributed by atoms with Crippen LogP contribution in [0.5, 0.6) is 11.5 Å². The minimum Gasteiger partial charge on any atom is -0.493 e. The zero-order valence-corrected chi connectivity index (χ0v) is 15.0. The number of methoxy groups -OCH3 is 2. The van der Waals surface area contributed by atoms with E-state index in [4.69, 9.17) is 9.47 Å². The second kappa shape index (κ2) is 9.52. The molecule has 25 heavy (non-hydrogen) atoms. The maximum atomic E-state index is 11.8. The molecule has 0 aliphatic heterocycles. The van der Waals surface area contributed by atoms with E-state index < -0.39 is 0 Å². The maximum absolute atomic E-state index is 11.8. The first kappa shape index (κ1) is 18.6. The highest BCUT2D eigenvalue weighted by Gasteiger charge is 2.06. The van der Waals surface area contributed by atoms with E-state index in [1.54, 1.807) is 26.5 Å². The minimum atomic E-state index is -0.140. The fraction of sp³-hybridized carbons (Fsp3) is 0.368. The van der Waals surface area contributed by atoms with E-state index in [1.165, 1.54) is 0 Å². The Morgan fingerprint density at radius 2 is 1.88 bits per heavy atom. The number of hydrogen-bond acceptors (Lipinski definition) is 5. The molecule has 0 unspecified atom stereocenters. The Morgan fingerprint density at radius 1 is 1.08 bits per heavy atom. The predicted molar refractivity (Wildman–Crippen MR) is 98.6 cm³/mol. The van der Waals surface area contributed by atoms with Gasteiger partial charge < -0.3 is 20.1 Å². The molecule has 1 amide bonds. The van der Waals surface area contributed by atoms with Gasteiger partial charge in [-0.15, -0.1) is 0 Å². The van der Waals surface area contributed by atoms with E-state index in [0.29, 0.717) is 12.2 Å². The third kappa shape index (κ3) is 5.38. The van der Waals surface area contributed by atoms with E-state index in [9.17, 15) is 4.79 Å². The number of benzene rings is 1. The molecule has 134 valence electrons. The van der Waals surface area contributed by atoms with E-state index in [-0.39, 0.29) is 5.91 Å². The summed E-state index contributed by atoms with van der Waals surface area (Å²) in [5, 5.41) is 6.11. The van der Waals surface area contributed by atoms with E-state index >= 15 is 0 Å². The molecule has 6 heteroatoms. The van der Waals surface area contributed by atoms with Crippen molar-refractivity contribution in [3.63, 3.8) is 0 Å². The van der Waals surface area contributed by atoms with Gasteiger partial charge in [0.25, 0.3) is 5.91 Å². The number of amides is 1. The normalized spacial score (nSPS) is 10.2. The van der Waals surface area contributed by atoms with Crippen molar-refractivity contribution >= 4 is 11.6 Å². The Kier molecular flexibility index (Phi) is 7.07. The third-order valence-electron chi connectivity index (χ3n) is 3.72. The van der Waals surface area contributed by atoms with Crippen LogP contribution in [0.1, 0.15) is 29.4 Å². The van der Waals surface area contributed by atoms with Gasteiger partial charge in [-0.3, -0.25) is 4.79 Å². The van der Waals surface area contributed by atoms with Gasteiger partial charge in [0.15, 0.2) is 11.5 Å². The molecule has 1 aromatic carbocycles. The molecule has 0 saturated carbocycles. The van der Waals surface area contributed by atoms with Crippen molar-refractivity contribution in [1.29, 1.82) is 0 Å². The molecule has 0 bridgehead atoms. The summed E-state index contributed by atoms with van der Waals surface area (Å²) in [4.78, 5) is 16.0. The monoisotopic (exact) mass is 343 g/mol. The second-order valence-electron chi connectivity index (χ2n) is 5.55. The van der Waals surface area contributed by atoms with Crippen molar-refractivity contribution in [3.8, 4) is 11.5 Å². The number of hydrogen-bond donors (Lipinski definition) is 2.